The molecule has 1 atom stereocenters. The molecule has 0 bridgehead atoms. The molecule has 0 amide bonds. The molecular weight excluding hydrogens is 275 g/mol. The number of nitrogens with one attached hydrogen (secondary N) is 1. The first-order chi connectivity index (χ1) is 10.4. The van der Waals surface area contributed by atoms with E-state index in [1.807, 2.05) is 20.0 Å². The van der Waals surface area contributed by atoms with E-state index in [-0.39, 0.29) is 11.7 Å². The maximum Gasteiger partial charge on any atom is 0.119 e. The fourth-order valence-electron chi connectivity index (χ4n) is 2.64. The molecule has 0 saturated carbocycles. The van der Waals surface area contributed by atoms with Crippen molar-refractivity contribution < 1.29 is 4.39 Å². The van der Waals surface area contributed by atoms with Crippen molar-refractivity contribution in [1.29, 1.82) is 0 Å². The Hall–Kier alpha value is -1.31. The summed E-state index contributed by atoms with van der Waals surface area (Å²) in [6.45, 7) is 13.4. The van der Waals surface area contributed by atoms with Gasteiger partial charge in [-0.3, -0.25) is 0 Å². The van der Waals surface area contributed by atoms with Crippen molar-refractivity contribution in [3.05, 3.63) is 41.1 Å². The predicted molar refractivity (Wildman–Crippen MR) is 93.3 cm³/mol. The normalized spacial score (nSPS) is 24.9. The summed E-state index contributed by atoms with van der Waals surface area (Å²) in [5.41, 5.74) is 5.35. The van der Waals surface area contributed by atoms with Crippen LogP contribution in [0.4, 0.5) is 4.39 Å². The fraction of sp³-hybridized carbons (Fsp3) is 0.632. The lowest BCUT2D eigenvalue weighted by Gasteiger charge is -2.25. The number of nitrogens with zero attached hydrogens (tertiary/aromatic N) is 1. The quantitative estimate of drug-likeness (QED) is 0.748. The Bertz CT molecular complexity index is 468. The summed E-state index contributed by atoms with van der Waals surface area (Å²) in [6.07, 6.45) is 7.04. The zero-order valence-electron chi connectivity index (χ0n) is 14.7. The van der Waals surface area contributed by atoms with Crippen LogP contribution in [0.25, 0.3) is 0 Å². The molecule has 1 N–H and O–H groups in total. The van der Waals surface area contributed by atoms with Crippen LogP contribution >= 0.6 is 0 Å². The molecule has 0 fully saturated rings. The molecule has 0 aromatic heterocycles. The van der Waals surface area contributed by atoms with Crippen molar-refractivity contribution in [1.82, 2.24) is 10.2 Å². The van der Waals surface area contributed by atoms with E-state index in [0.717, 1.165) is 43.6 Å². The van der Waals surface area contributed by atoms with E-state index in [1.165, 1.54) is 0 Å². The Kier molecular flexibility index (Phi) is 8.22. The highest BCUT2D eigenvalue weighted by Gasteiger charge is 2.10. The number of hydrogen-bond donors (Lipinski definition) is 1. The number of halogens is 1. The Balaban J connectivity index is 2.92. The van der Waals surface area contributed by atoms with Gasteiger partial charge in [0.15, 0.2) is 0 Å². The molecule has 0 radical (unpaired) electrons. The summed E-state index contributed by atoms with van der Waals surface area (Å²) in [5, 5.41) is 3.25. The molecule has 0 spiro atoms. The zero-order valence-corrected chi connectivity index (χ0v) is 14.7. The van der Waals surface area contributed by atoms with E-state index >= 15 is 0 Å². The number of rotatable bonds is 5. The Labute approximate surface area is 135 Å². The Morgan fingerprint density at radius 2 is 2.18 bits per heavy atom. The van der Waals surface area contributed by atoms with Crippen LogP contribution in [0, 0.1) is 5.92 Å². The van der Waals surface area contributed by atoms with E-state index in [0.29, 0.717) is 6.04 Å². The van der Waals surface area contributed by atoms with Gasteiger partial charge in [-0.15, -0.1) is 0 Å². The SMILES string of the molecule is CCN(CCC1=C=CNCCC(C)/C=C(F)\C=C\1C)C(C)C. The maximum atomic E-state index is 14.0. The monoisotopic (exact) mass is 306 g/mol. The molecule has 0 aromatic carbocycles. The van der Waals surface area contributed by atoms with Gasteiger partial charge in [0.25, 0.3) is 0 Å². The lowest BCUT2D eigenvalue weighted by Crippen LogP contribution is -2.31. The second kappa shape index (κ2) is 9.66. The number of hydrogen-bond acceptors (Lipinski definition) is 2. The van der Waals surface area contributed by atoms with E-state index in [4.69, 9.17) is 0 Å². The molecule has 124 valence electrons. The van der Waals surface area contributed by atoms with E-state index in [9.17, 15) is 4.39 Å². The van der Waals surface area contributed by atoms with Gasteiger partial charge in [0, 0.05) is 25.3 Å². The largest absolute Gasteiger partial charge is 0.385 e. The average Bonchev–Trinajstić information content (AvgIpc) is 2.46. The molecule has 0 saturated heterocycles. The molecule has 1 rings (SSSR count). The highest BCUT2D eigenvalue weighted by molar-refractivity contribution is 5.34. The predicted octanol–water partition coefficient (Wildman–Crippen LogP) is 4.57. The molecule has 3 heteroatoms. The molecule has 1 aliphatic heterocycles. The van der Waals surface area contributed by atoms with Crippen LogP contribution in [0.1, 0.15) is 47.5 Å². The molecule has 2 nitrogen and oxygen atoms in total. The minimum atomic E-state index is -0.137. The van der Waals surface area contributed by atoms with Gasteiger partial charge in [0.1, 0.15) is 5.83 Å². The molecule has 22 heavy (non-hydrogen) atoms. The van der Waals surface area contributed by atoms with Gasteiger partial charge in [-0.2, -0.15) is 0 Å². The van der Waals surface area contributed by atoms with Crippen LogP contribution < -0.4 is 5.32 Å². The van der Waals surface area contributed by atoms with Gasteiger partial charge >= 0.3 is 0 Å². The van der Waals surface area contributed by atoms with Crippen LogP contribution in [-0.4, -0.2) is 30.6 Å². The standard InChI is InChI=1S/C19H31FN2/c1-6-22(15(2)3)12-9-18-8-11-21-10-7-16(4)13-19(20)14-17(18)5/h11,13-16,21H,6-7,9-10,12H2,1-5H3/b17-14+,19-13+. The lowest BCUT2D eigenvalue weighted by atomic mass is 10.0. The van der Waals surface area contributed by atoms with Gasteiger partial charge < -0.3 is 10.2 Å². The van der Waals surface area contributed by atoms with Crippen LogP contribution in [0.15, 0.2) is 41.1 Å². The van der Waals surface area contributed by atoms with Crippen molar-refractivity contribution in [3.8, 4) is 0 Å². The fourth-order valence-corrected chi connectivity index (χ4v) is 2.64. The van der Waals surface area contributed by atoms with Crippen LogP contribution in [0.5, 0.6) is 0 Å². The molecule has 0 aliphatic carbocycles. The van der Waals surface area contributed by atoms with E-state index < -0.39 is 0 Å². The molecular formula is C19H31FN2. The minimum Gasteiger partial charge on any atom is -0.385 e. The van der Waals surface area contributed by atoms with Crippen LogP contribution in [0.2, 0.25) is 0 Å². The average molecular weight is 306 g/mol. The first-order valence-corrected chi connectivity index (χ1v) is 8.41. The summed E-state index contributed by atoms with van der Waals surface area (Å²) in [4.78, 5) is 2.41. The first kappa shape index (κ1) is 18.7. The van der Waals surface area contributed by atoms with Crippen LogP contribution in [-0.2, 0) is 0 Å². The summed E-state index contributed by atoms with van der Waals surface area (Å²) >= 11 is 0. The van der Waals surface area contributed by atoms with Crippen molar-refractivity contribution in [2.24, 2.45) is 5.92 Å². The Morgan fingerprint density at radius 3 is 2.82 bits per heavy atom. The first-order valence-electron chi connectivity index (χ1n) is 8.41. The van der Waals surface area contributed by atoms with E-state index in [2.05, 4.69) is 36.7 Å². The third-order valence-corrected chi connectivity index (χ3v) is 4.15. The third-order valence-electron chi connectivity index (χ3n) is 4.15. The summed E-state index contributed by atoms with van der Waals surface area (Å²) in [5.74, 6) is 0.102. The van der Waals surface area contributed by atoms with Crippen LogP contribution in [0.3, 0.4) is 0 Å². The van der Waals surface area contributed by atoms with Gasteiger partial charge in [0.05, 0.1) is 0 Å². The number of allylic oxidation sites excluding steroid dienone is 4. The molecule has 1 unspecified atom stereocenters. The molecule has 1 heterocycles. The molecule has 0 aromatic rings. The Morgan fingerprint density at radius 1 is 1.45 bits per heavy atom. The van der Waals surface area contributed by atoms with Gasteiger partial charge in [-0.1, -0.05) is 19.6 Å². The van der Waals surface area contributed by atoms with Crippen molar-refractivity contribution >= 4 is 0 Å². The second-order valence-corrected chi connectivity index (χ2v) is 6.34. The maximum absolute atomic E-state index is 14.0. The van der Waals surface area contributed by atoms with Crippen molar-refractivity contribution in [2.75, 3.05) is 19.6 Å². The zero-order chi connectivity index (χ0) is 16.5. The van der Waals surface area contributed by atoms with Gasteiger partial charge in [0.2, 0.25) is 0 Å². The smallest absolute Gasteiger partial charge is 0.119 e. The minimum absolute atomic E-state index is 0.137. The molecule has 1 aliphatic rings. The van der Waals surface area contributed by atoms with Crippen molar-refractivity contribution in [2.45, 2.75) is 53.5 Å². The highest BCUT2D eigenvalue weighted by Crippen LogP contribution is 2.19. The van der Waals surface area contributed by atoms with Crippen molar-refractivity contribution in [3.63, 3.8) is 0 Å². The summed E-state index contributed by atoms with van der Waals surface area (Å²) in [6, 6.07) is 0.525. The van der Waals surface area contributed by atoms with Gasteiger partial charge in [-0.05, 0) is 69.4 Å². The highest BCUT2D eigenvalue weighted by atomic mass is 19.1. The summed E-state index contributed by atoms with van der Waals surface area (Å²) < 4.78 is 14.0. The van der Waals surface area contributed by atoms with Gasteiger partial charge in [-0.25, -0.2) is 4.39 Å². The van der Waals surface area contributed by atoms with E-state index in [1.54, 1.807) is 12.2 Å². The second-order valence-electron chi connectivity index (χ2n) is 6.34. The lowest BCUT2D eigenvalue weighted by molar-refractivity contribution is 0.237. The third kappa shape index (κ3) is 6.64. The topological polar surface area (TPSA) is 15.3 Å². The summed E-state index contributed by atoms with van der Waals surface area (Å²) in [7, 11) is 0.